The van der Waals surface area contributed by atoms with Gasteiger partial charge in [-0.3, -0.25) is 4.98 Å². The Bertz CT molecular complexity index is 282. The van der Waals surface area contributed by atoms with E-state index >= 15 is 0 Å². The van der Waals surface area contributed by atoms with Gasteiger partial charge < -0.3 is 5.11 Å². The molecule has 1 rings (SSSR count). The minimum absolute atomic E-state index is 0.270. The Morgan fingerprint density at radius 2 is 2.00 bits per heavy atom. The summed E-state index contributed by atoms with van der Waals surface area (Å²) in [6.07, 6.45) is 4.20. The topological polar surface area (TPSA) is 33.1 Å². The van der Waals surface area contributed by atoms with Gasteiger partial charge in [0.2, 0.25) is 0 Å². The summed E-state index contributed by atoms with van der Waals surface area (Å²) in [6, 6.07) is 3.91. The van der Waals surface area contributed by atoms with Crippen molar-refractivity contribution in [3.63, 3.8) is 0 Å². The molecule has 0 amide bonds. The minimum Gasteiger partial charge on any atom is -0.392 e. The molecule has 1 aromatic rings. The van der Waals surface area contributed by atoms with Gasteiger partial charge in [-0.15, -0.1) is 0 Å². The lowest BCUT2D eigenvalue weighted by molar-refractivity contribution is 0.102. The van der Waals surface area contributed by atoms with E-state index in [1.165, 1.54) is 0 Å². The molecule has 0 aliphatic rings. The summed E-state index contributed by atoms with van der Waals surface area (Å²) < 4.78 is 0.975. The first-order valence-electron chi connectivity index (χ1n) is 5.45. The molecule has 0 aromatic carbocycles. The third kappa shape index (κ3) is 3.92. The lowest BCUT2D eigenvalue weighted by Gasteiger charge is -2.19. The first kappa shape index (κ1) is 12.7. The predicted molar refractivity (Wildman–Crippen MR) is 65.7 cm³/mol. The first-order chi connectivity index (χ1) is 7.17. The number of pyridine rings is 1. The molecule has 0 fully saturated rings. The Hall–Kier alpha value is -0.410. The highest BCUT2D eigenvalue weighted by molar-refractivity contribution is 9.10. The minimum atomic E-state index is -0.270. The molecule has 1 N–H and O–H groups in total. The lowest BCUT2D eigenvalue weighted by atomic mass is 9.93. The van der Waals surface area contributed by atoms with Crippen molar-refractivity contribution in [1.29, 1.82) is 0 Å². The summed E-state index contributed by atoms with van der Waals surface area (Å²) in [4.78, 5) is 4.26. The van der Waals surface area contributed by atoms with E-state index in [-0.39, 0.29) is 6.10 Å². The van der Waals surface area contributed by atoms with E-state index in [4.69, 9.17) is 0 Å². The average molecular weight is 272 g/mol. The molecule has 1 atom stereocenters. The normalized spacial score (nSPS) is 13.1. The molecule has 1 heterocycles. The van der Waals surface area contributed by atoms with Gasteiger partial charge in [0.05, 0.1) is 6.10 Å². The van der Waals surface area contributed by atoms with Crippen LogP contribution in [0.3, 0.4) is 0 Å². The monoisotopic (exact) mass is 271 g/mol. The van der Waals surface area contributed by atoms with E-state index in [1.54, 1.807) is 6.20 Å². The Morgan fingerprint density at radius 1 is 1.33 bits per heavy atom. The number of aliphatic hydroxyl groups excluding tert-OH is 1. The Balaban J connectivity index is 2.57. The fraction of sp³-hybridized carbons (Fsp3) is 0.583. The fourth-order valence-corrected chi connectivity index (χ4v) is 1.98. The molecule has 3 heteroatoms. The summed E-state index contributed by atoms with van der Waals surface area (Å²) in [7, 11) is 0. The van der Waals surface area contributed by atoms with Gasteiger partial charge in [-0.2, -0.15) is 0 Å². The number of rotatable bonds is 5. The second kappa shape index (κ2) is 6.23. The van der Waals surface area contributed by atoms with E-state index in [1.807, 2.05) is 12.1 Å². The highest BCUT2D eigenvalue weighted by atomic mass is 79.9. The van der Waals surface area contributed by atoms with Crippen LogP contribution in [0.2, 0.25) is 0 Å². The van der Waals surface area contributed by atoms with Crippen LogP contribution in [0.15, 0.2) is 22.8 Å². The maximum Gasteiger partial charge on any atom is 0.0623 e. The molecule has 0 aliphatic carbocycles. The van der Waals surface area contributed by atoms with Crippen LogP contribution >= 0.6 is 15.9 Å². The van der Waals surface area contributed by atoms with Crippen molar-refractivity contribution in [2.75, 3.05) is 0 Å². The standard InChI is InChI=1S/C12H18BrNO/c1-3-9(4-2)12(15)7-11-6-5-10(13)8-14-11/h5-6,8-9,12,15H,3-4,7H2,1-2H3. The lowest BCUT2D eigenvalue weighted by Crippen LogP contribution is -2.22. The van der Waals surface area contributed by atoms with Crippen LogP contribution in [0.25, 0.3) is 0 Å². The third-order valence-corrected chi connectivity index (χ3v) is 3.27. The van der Waals surface area contributed by atoms with E-state index in [0.717, 1.165) is 23.0 Å². The van der Waals surface area contributed by atoms with Crippen molar-refractivity contribution < 1.29 is 5.11 Å². The molecule has 0 saturated heterocycles. The maximum absolute atomic E-state index is 9.98. The summed E-state index contributed by atoms with van der Waals surface area (Å²) in [5.74, 6) is 0.385. The van der Waals surface area contributed by atoms with Gasteiger partial charge in [-0.1, -0.05) is 26.7 Å². The molecule has 15 heavy (non-hydrogen) atoms. The molecular weight excluding hydrogens is 254 g/mol. The molecule has 0 spiro atoms. The van der Waals surface area contributed by atoms with Crippen LogP contribution in [0.1, 0.15) is 32.4 Å². The molecule has 0 bridgehead atoms. The number of aromatic nitrogens is 1. The molecule has 0 radical (unpaired) electrons. The first-order valence-corrected chi connectivity index (χ1v) is 6.25. The van der Waals surface area contributed by atoms with Gasteiger partial charge in [0.25, 0.3) is 0 Å². The van der Waals surface area contributed by atoms with Crippen LogP contribution in [0, 0.1) is 5.92 Å². The summed E-state index contributed by atoms with van der Waals surface area (Å²) >= 11 is 3.34. The smallest absolute Gasteiger partial charge is 0.0623 e. The van der Waals surface area contributed by atoms with E-state index < -0.39 is 0 Å². The van der Waals surface area contributed by atoms with Crippen LogP contribution in [0.5, 0.6) is 0 Å². The summed E-state index contributed by atoms with van der Waals surface area (Å²) in [6.45, 7) is 4.23. The van der Waals surface area contributed by atoms with Crippen molar-refractivity contribution in [2.45, 2.75) is 39.2 Å². The third-order valence-electron chi connectivity index (χ3n) is 2.80. The summed E-state index contributed by atoms with van der Waals surface area (Å²) in [5, 5.41) is 9.98. The fourth-order valence-electron chi connectivity index (χ4n) is 1.74. The van der Waals surface area contributed by atoms with E-state index in [9.17, 15) is 5.11 Å². The second-order valence-corrected chi connectivity index (χ2v) is 4.73. The van der Waals surface area contributed by atoms with Gasteiger partial charge in [0, 0.05) is 22.8 Å². The Labute approximate surface area is 99.9 Å². The quantitative estimate of drug-likeness (QED) is 0.893. The average Bonchev–Trinajstić information content (AvgIpc) is 2.23. The molecule has 2 nitrogen and oxygen atoms in total. The highest BCUT2D eigenvalue weighted by Crippen LogP contribution is 2.17. The van der Waals surface area contributed by atoms with E-state index in [0.29, 0.717) is 12.3 Å². The van der Waals surface area contributed by atoms with Gasteiger partial charge in [-0.25, -0.2) is 0 Å². The molecule has 84 valence electrons. The van der Waals surface area contributed by atoms with Crippen LogP contribution in [0.4, 0.5) is 0 Å². The maximum atomic E-state index is 9.98. The van der Waals surface area contributed by atoms with Gasteiger partial charge in [-0.05, 0) is 34.0 Å². The SMILES string of the molecule is CCC(CC)C(O)Cc1ccc(Br)cn1. The summed E-state index contributed by atoms with van der Waals surface area (Å²) in [5.41, 5.74) is 0.956. The van der Waals surface area contributed by atoms with Crippen LogP contribution in [-0.2, 0) is 6.42 Å². The van der Waals surface area contributed by atoms with Gasteiger partial charge >= 0.3 is 0 Å². The molecular formula is C12H18BrNO. The number of halogens is 1. The zero-order valence-electron chi connectivity index (χ0n) is 9.28. The van der Waals surface area contributed by atoms with Crippen LogP contribution in [-0.4, -0.2) is 16.2 Å². The zero-order valence-corrected chi connectivity index (χ0v) is 10.9. The van der Waals surface area contributed by atoms with Crippen molar-refractivity contribution >= 4 is 15.9 Å². The molecule has 1 aromatic heterocycles. The molecule has 0 saturated carbocycles. The highest BCUT2D eigenvalue weighted by Gasteiger charge is 2.16. The van der Waals surface area contributed by atoms with Gasteiger partial charge in [0.15, 0.2) is 0 Å². The zero-order chi connectivity index (χ0) is 11.3. The van der Waals surface area contributed by atoms with E-state index in [2.05, 4.69) is 34.8 Å². The van der Waals surface area contributed by atoms with Crippen molar-refractivity contribution in [1.82, 2.24) is 4.98 Å². The largest absolute Gasteiger partial charge is 0.392 e. The Morgan fingerprint density at radius 3 is 2.47 bits per heavy atom. The number of hydrogen-bond acceptors (Lipinski definition) is 2. The number of aliphatic hydroxyl groups is 1. The van der Waals surface area contributed by atoms with Crippen molar-refractivity contribution in [3.05, 3.63) is 28.5 Å². The number of hydrogen-bond donors (Lipinski definition) is 1. The predicted octanol–water partition coefficient (Wildman–Crippen LogP) is 3.18. The van der Waals surface area contributed by atoms with Crippen LogP contribution < -0.4 is 0 Å². The van der Waals surface area contributed by atoms with Crippen molar-refractivity contribution in [2.24, 2.45) is 5.92 Å². The molecule has 1 unspecified atom stereocenters. The van der Waals surface area contributed by atoms with Crippen molar-refractivity contribution in [3.8, 4) is 0 Å². The Kier molecular flexibility index (Phi) is 5.26. The van der Waals surface area contributed by atoms with Gasteiger partial charge in [0.1, 0.15) is 0 Å². The molecule has 0 aliphatic heterocycles. The second-order valence-electron chi connectivity index (χ2n) is 3.82. The number of nitrogens with zero attached hydrogens (tertiary/aromatic N) is 1.